The smallest absolute Gasteiger partial charge is 0.236 e. The molecule has 1 amide bonds. The van der Waals surface area contributed by atoms with Gasteiger partial charge in [-0.25, -0.2) is 4.98 Å². The number of carbonyl (C=O) groups excluding carboxylic acids is 1. The van der Waals surface area contributed by atoms with Crippen molar-refractivity contribution >= 4 is 50.1 Å². The Kier molecular flexibility index (Phi) is 5.87. The molecule has 0 spiro atoms. The van der Waals surface area contributed by atoms with E-state index in [0.29, 0.717) is 5.13 Å². The number of nitrogens with one attached hydrogen (secondary N) is 1. The van der Waals surface area contributed by atoms with Gasteiger partial charge in [0.2, 0.25) is 11.0 Å². The van der Waals surface area contributed by atoms with Gasteiger partial charge in [-0.3, -0.25) is 10.1 Å². The molecule has 2 heterocycles. The van der Waals surface area contributed by atoms with Gasteiger partial charge in [-0.05, 0) is 31.5 Å². The van der Waals surface area contributed by atoms with Crippen LogP contribution in [0.15, 0.2) is 40.1 Å². The molecule has 0 fully saturated rings. The molecule has 1 aromatic carbocycles. The number of carbonyl (C=O) groups is 1. The van der Waals surface area contributed by atoms with Gasteiger partial charge >= 0.3 is 0 Å². The third-order valence-corrected chi connectivity index (χ3v) is 5.65. The maximum absolute atomic E-state index is 12.1. The molecular weight excluding hydrogens is 422 g/mol. The quantitative estimate of drug-likeness (QED) is 0.584. The molecule has 25 heavy (non-hydrogen) atoms. The number of anilines is 1. The number of aryl methyl sites for hydroxylation is 1. The number of aromatic nitrogens is 4. The predicted octanol–water partition coefficient (Wildman–Crippen LogP) is 4.22. The zero-order chi connectivity index (χ0) is 17.8. The molecule has 3 rings (SSSR count). The van der Waals surface area contributed by atoms with Crippen molar-refractivity contribution in [3.05, 3.63) is 39.9 Å². The standard InChI is InChI=1S/C16H16BrN5OS2/c1-3-22-13(11-4-6-12(17)7-5-11)8-18-16(22)24-9-14(23)19-15-21-20-10(2)25-15/h4-8H,3,9H2,1-2H3,(H,19,21,23). The Morgan fingerprint density at radius 1 is 1.32 bits per heavy atom. The van der Waals surface area contributed by atoms with Gasteiger partial charge in [0.25, 0.3) is 0 Å². The van der Waals surface area contributed by atoms with E-state index < -0.39 is 0 Å². The maximum Gasteiger partial charge on any atom is 0.236 e. The van der Waals surface area contributed by atoms with Crippen LogP contribution in [-0.2, 0) is 11.3 Å². The average molecular weight is 438 g/mol. The highest BCUT2D eigenvalue weighted by Gasteiger charge is 2.13. The minimum absolute atomic E-state index is 0.114. The van der Waals surface area contributed by atoms with Crippen LogP contribution in [0.25, 0.3) is 11.3 Å². The second-order valence-corrected chi connectivity index (χ2v) is 8.18. The Hall–Kier alpha value is -1.71. The average Bonchev–Trinajstić information content (AvgIpc) is 3.19. The molecule has 1 N–H and O–H groups in total. The number of nitrogens with zero attached hydrogens (tertiary/aromatic N) is 4. The van der Waals surface area contributed by atoms with Crippen LogP contribution in [0.1, 0.15) is 11.9 Å². The Labute approximate surface area is 162 Å². The minimum atomic E-state index is -0.114. The van der Waals surface area contributed by atoms with Gasteiger partial charge in [-0.1, -0.05) is 51.2 Å². The van der Waals surface area contributed by atoms with E-state index in [9.17, 15) is 4.79 Å². The minimum Gasteiger partial charge on any atom is -0.319 e. The van der Waals surface area contributed by atoms with Crippen molar-refractivity contribution in [2.24, 2.45) is 0 Å². The SMILES string of the molecule is CCn1c(-c2ccc(Br)cc2)cnc1SCC(=O)Nc1nnc(C)s1. The summed E-state index contributed by atoms with van der Waals surface area (Å²) in [6, 6.07) is 8.11. The summed E-state index contributed by atoms with van der Waals surface area (Å²) in [6.45, 7) is 4.70. The number of thioether (sulfide) groups is 1. The van der Waals surface area contributed by atoms with E-state index in [4.69, 9.17) is 0 Å². The Morgan fingerprint density at radius 2 is 2.08 bits per heavy atom. The molecule has 2 aromatic heterocycles. The Bertz CT molecular complexity index is 875. The lowest BCUT2D eigenvalue weighted by Crippen LogP contribution is -2.14. The fraction of sp³-hybridized carbons (Fsp3) is 0.250. The second-order valence-electron chi connectivity index (χ2n) is 5.14. The van der Waals surface area contributed by atoms with E-state index in [1.165, 1.54) is 23.1 Å². The molecule has 0 saturated carbocycles. The molecule has 0 bridgehead atoms. The van der Waals surface area contributed by atoms with Crippen LogP contribution in [0.4, 0.5) is 5.13 Å². The number of hydrogen-bond donors (Lipinski definition) is 1. The Morgan fingerprint density at radius 3 is 2.72 bits per heavy atom. The highest BCUT2D eigenvalue weighted by molar-refractivity contribution is 9.10. The molecule has 0 saturated heterocycles. The predicted molar refractivity (Wildman–Crippen MR) is 105 cm³/mol. The molecule has 0 atom stereocenters. The summed E-state index contributed by atoms with van der Waals surface area (Å²) in [7, 11) is 0. The lowest BCUT2D eigenvalue weighted by atomic mass is 10.2. The third kappa shape index (κ3) is 4.47. The molecular formula is C16H16BrN5OS2. The molecule has 3 aromatic rings. The lowest BCUT2D eigenvalue weighted by molar-refractivity contribution is -0.113. The van der Waals surface area contributed by atoms with Crippen molar-refractivity contribution in [3.8, 4) is 11.3 Å². The molecule has 130 valence electrons. The monoisotopic (exact) mass is 437 g/mol. The van der Waals surface area contributed by atoms with Gasteiger partial charge in [-0.15, -0.1) is 10.2 Å². The summed E-state index contributed by atoms with van der Waals surface area (Å²) in [4.78, 5) is 16.6. The van der Waals surface area contributed by atoms with Gasteiger partial charge in [0.05, 0.1) is 17.6 Å². The lowest BCUT2D eigenvalue weighted by Gasteiger charge is -2.09. The fourth-order valence-corrected chi connectivity index (χ4v) is 3.98. The number of hydrogen-bond acceptors (Lipinski definition) is 6. The van der Waals surface area contributed by atoms with E-state index >= 15 is 0 Å². The zero-order valence-corrected chi connectivity index (χ0v) is 16.9. The van der Waals surface area contributed by atoms with Crippen LogP contribution >= 0.6 is 39.0 Å². The molecule has 0 unspecified atom stereocenters. The van der Waals surface area contributed by atoms with E-state index in [1.54, 1.807) is 0 Å². The third-order valence-electron chi connectivity index (χ3n) is 3.38. The van der Waals surface area contributed by atoms with Crippen LogP contribution in [0, 0.1) is 6.92 Å². The van der Waals surface area contributed by atoms with Gasteiger partial charge in [-0.2, -0.15) is 0 Å². The van der Waals surface area contributed by atoms with Crippen molar-refractivity contribution in [3.63, 3.8) is 0 Å². The summed E-state index contributed by atoms with van der Waals surface area (Å²) in [6.07, 6.45) is 1.85. The van der Waals surface area contributed by atoms with Gasteiger partial charge < -0.3 is 4.57 Å². The number of amides is 1. The van der Waals surface area contributed by atoms with E-state index in [1.807, 2.05) is 37.4 Å². The highest BCUT2D eigenvalue weighted by Crippen LogP contribution is 2.27. The summed E-state index contributed by atoms with van der Waals surface area (Å²) in [5.74, 6) is 0.159. The first-order valence-corrected chi connectivity index (χ1v) is 10.2. The number of halogens is 1. The maximum atomic E-state index is 12.1. The van der Waals surface area contributed by atoms with Gasteiger partial charge in [0.1, 0.15) is 5.01 Å². The van der Waals surface area contributed by atoms with Crippen molar-refractivity contribution in [1.29, 1.82) is 0 Å². The van der Waals surface area contributed by atoms with Crippen molar-refractivity contribution < 1.29 is 4.79 Å². The highest BCUT2D eigenvalue weighted by atomic mass is 79.9. The molecule has 0 radical (unpaired) electrons. The van der Waals surface area contributed by atoms with Crippen molar-refractivity contribution in [2.75, 3.05) is 11.1 Å². The van der Waals surface area contributed by atoms with Gasteiger partial charge in [0, 0.05) is 11.0 Å². The van der Waals surface area contributed by atoms with Crippen LogP contribution in [0.5, 0.6) is 0 Å². The Balaban J connectivity index is 1.68. The first kappa shape index (κ1) is 18.1. The van der Waals surface area contributed by atoms with Gasteiger partial charge in [0.15, 0.2) is 5.16 Å². The number of imidazole rings is 1. The molecule has 0 aliphatic heterocycles. The van der Waals surface area contributed by atoms with Crippen LogP contribution < -0.4 is 5.32 Å². The summed E-state index contributed by atoms with van der Waals surface area (Å²) in [5.41, 5.74) is 2.14. The molecule has 6 nitrogen and oxygen atoms in total. The normalized spacial score (nSPS) is 10.8. The van der Waals surface area contributed by atoms with Crippen LogP contribution in [0.3, 0.4) is 0 Å². The molecule has 0 aliphatic carbocycles. The van der Waals surface area contributed by atoms with Crippen LogP contribution in [-0.4, -0.2) is 31.4 Å². The molecule has 9 heteroatoms. The summed E-state index contributed by atoms with van der Waals surface area (Å²) in [5, 5.41) is 12.7. The topological polar surface area (TPSA) is 72.7 Å². The van der Waals surface area contributed by atoms with E-state index in [2.05, 4.69) is 47.9 Å². The summed E-state index contributed by atoms with van der Waals surface area (Å²) < 4.78 is 3.15. The van der Waals surface area contributed by atoms with Crippen LogP contribution in [0.2, 0.25) is 0 Å². The zero-order valence-electron chi connectivity index (χ0n) is 13.7. The molecule has 0 aliphatic rings. The van der Waals surface area contributed by atoms with E-state index in [0.717, 1.165) is 32.4 Å². The van der Waals surface area contributed by atoms with E-state index in [-0.39, 0.29) is 11.7 Å². The largest absolute Gasteiger partial charge is 0.319 e. The summed E-state index contributed by atoms with van der Waals surface area (Å²) >= 11 is 6.22. The second kappa shape index (κ2) is 8.11. The first-order valence-electron chi connectivity index (χ1n) is 7.61. The van der Waals surface area contributed by atoms with Crippen molar-refractivity contribution in [1.82, 2.24) is 19.7 Å². The fourth-order valence-electron chi connectivity index (χ4n) is 2.26. The first-order chi connectivity index (χ1) is 12.1. The van der Waals surface area contributed by atoms with Crippen molar-refractivity contribution in [2.45, 2.75) is 25.5 Å². The number of benzene rings is 1. The number of rotatable bonds is 6.